The van der Waals surface area contributed by atoms with Crippen LogP contribution in [-0.4, -0.2) is 107 Å². The van der Waals surface area contributed by atoms with Crippen LogP contribution in [0.5, 0.6) is 63.2 Å². The van der Waals surface area contributed by atoms with Crippen molar-refractivity contribution in [3.05, 3.63) is 137 Å². The van der Waals surface area contributed by atoms with E-state index in [9.17, 15) is 14.7 Å². The molecule has 452 valence electrons. The number of carboxylic acid groups (broad SMARTS) is 1. The van der Waals surface area contributed by atoms with Crippen LogP contribution in [0.3, 0.4) is 0 Å². The van der Waals surface area contributed by atoms with Crippen LogP contribution < -0.4 is 48.1 Å². The Morgan fingerprint density at radius 3 is 1.46 bits per heavy atom. The van der Waals surface area contributed by atoms with Gasteiger partial charge in [-0.2, -0.15) is 0 Å². The maximum Gasteiger partial charge on any atom is 0.496 e. The van der Waals surface area contributed by atoms with Crippen LogP contribution in [0.2, 0.25) is 30.1 Å². The summed E-state index contributed by atoms with van der Waals surface area (Å²) >= 11 is 36.0. The minimum Gasteiger partial charge on any atom is -0.506 e. The lowest BCUT2D eigenvalue weighted by Gasteiger charge is -2.32. The van der Waals surface area contributed by atoms with Crippen molar-refractivity contribution in [2.45, 2.75) is 90.3 Å². The largest absolute Gasteiger partial charge is 0.506 e. The first kappa shape index (κ1) is 67.1. The van der Waals surface area contributed by atoms with Crippen molar-refractivity contribution in [3.8, 4) is 63.2 Å². The average Bonchev–Trinajstić information content (AvgIpc) is 4.00. The number of aromatic hydroxyl groups is 2. The van der Waals surface area contributed by atoms with Crippen LogP contribution in [0.1, 0.15) is 86.8 Å². The monoisotopic (exact) mass is 1280 g/mol. The highest BCUT2D eigenvalue weighted by molar-refractivity contribution is 6.66. The van der Waals surface area contributed by atoms with Crippen molar-refractivity contribution >= 4 is 93.9 Å². The van der Waals surface area contributed by atoms with Crippen LogP contribution in [0.25, 0.3) is 0 Å². The zero-order valence-corrected chi connectivity index (χ0v) is 52.3. The minimum absolute atomic E-state index is 0.0426. The Labute approximate surface area is 520 Å². The number of carbonyl (C=O) groups excluding carboxylic acids is 1. The number of aliphatic carboxylic acids is 1. The first-order valence-electron chi connectivity index (χ1n) is 26.7. The smallest absolute Gasteiger partial charge is 0.496 e. The highest BCUT2D eigenvalue weighted by Crippen LogP contribution is 2.43. The molecular weight excluding hydrogens is 1210 g/mol. The topological polar surface area (TPSA) is 196 Å². The van der Waals surface area contributed by atoms with E-state index in [1.165, 1.54) is 38.5 Å². The van der Waals surface area contributed by atoms with E-state index < -0.39 is 13.1 Å². The number of Topliss-reactive ketones (excluding diaryl/α,β-unsaturated/α-hetero) is 1. The molecule has 0 unspecified atom stereocenters. The number of benzene rings is 6. The number of hydrogen-bond acceptors (Lipinski definition) is 15. The fourth-order valence-electron chi connectivity index (χ4n) is 8.56. The number of carbonyl (C=O) groups is 2. The number of methoxy groups -OCH3 is 4. The van der Waals surface area contributed by atoms with Gasteiger partial charge in [-0.25, -0.2) is 0 Å². The molecule has 0 atom stereocenters. The standard InChI is InChI=1S/C15H20BClO3.C10H11ClO4.C10H9ClO3.C10H11ClO2.C9H9ClO2.C7H7ClO2/c1-14(2)15(3,4)20-16(19-14)11-8-7-10-6-5-9-18-13(10)12(11)17;1-14-7-3-2-4-8(10(7)11)15-6-5-9(12)13;1-13-8-3-2-6-7(12)4-5-14-10(6)9(8)11;1-12-8-5-4-7-3-2-6-13-10(7)9(8)11;10-8-7(11)4-3-6-2-1-5-12-9(6)8;1-10-6-4-2-3-5(9)7(6)8/h7-8H,5-6,9H2,1-4H3;2-4H,5-6H2,1H3,(H,12,13);2-3H,4-5H2,1H3;4-5H,2-3,6H2,1H3;3-4,11H,1-2,5H2;2-4,9H,1H3. The van der Waals surface area contributed by atoms with Crippen LogP contribution in [-0.2, 0) is 33.4 Å². The van der Waals surface area contributed by atoms with E-state index in [-0.39, 0.29) is 46.5 Å². The summed E-state index contributed by atoms with van der Waals surface area (Å²) in [6.45, 7) is 10.8. The van der Waals surface area contributed by atoms with Crippen LogP contribution in [0, 0.1) is 0 Å². The molecule has 0 bridgehead atoms. The van der Waals surface area contributed by atoms with E-state index in [4.69, 9.17) is 132 Å². The minimum atomic E-state index is -0.908. The van der Waals surface area contributed by atoms with Gasteiger partial charge < -0.3 is 67.3 Å². The molecule has 5 heterocycles. The third-order valence-corrected chi connectivity index (χ3v) is 16.0. The number of carboxylic acids is 1. The molecule has 0 radical (unpaired) electrons. The molecule has 1 saturated heterocycles. The van der Waals surface area contributed by atoms with E-state index in [1.54, 1.807) is 55.6 Å². The van der Waals surface area contributed by atoms with E-state index >= 15 is 0 Å². The van der Waals surface area contributed by atoms with Crippen molar-refractivity contribution in [2.75, 3.05) is 61.5 Å². The molecule has 0 spiro atoms. The lowest BCUT2D eigenvalue weighted by Crippen LogP contribution is -2.41. The summed E-state index contributed by atoms with van der Waals surface area (Å²) in [5, 5.41) is 29.2. The molecule has 23 heteroatoms. The summed E-state index contributed by atoms with van der Waals surface area (Å²) in [5.74, 6) is 4.62. The predicted molar refractivity (Wildman–Crippen MR) is 328 cm³/mol. The van der Waals surface area contributed by atoms with Gasteiger partial charge in [0.05, 0.1) is 89.7 Å². The van der Waals surface area contributed by atoms with E-state index in [0.29, 0.717) is 90.6 Å². The Kier molecular flexibility index (Phi) is 25.1. The first-order valence-corrected chi connectivity index (χ1v) is 29.0. The molecule has 3 N–H and O–H groups in total. The van der Waals surface area contributed by atoms with Gasteiger partial charge in [-0.3, -0.25) is 9.59 Å². The summed E-state index contributed by atoms with van der Waals surface area (Å²) in [6.07, 6.45) is 6.51. The fraction of sp³-hybridized carbons (Fsp3) is 0.377. The Bertz CT molecular complexity index is 3220. The molecule has 16 nitrogen and oxygen atoms in total. The number of hydrogen-bond donors (Lipinski definition) is 3. The molecule has 0 amide bonds. The number of aryl methyl sites for hydroxylation is 3. The number of halogens is 6. The second-order valence-electron chi connectivity index (χ2n) is 19.9. The number of phenolic OH excluding ortho intramolecular Hbond substituents is 2. The van der Waals surface area contributed by atoms with E-state index in [1.807, 2.05) is 52.0 Å². The normalized spacial score (nSPS) is 15.3. The Morgan fingerprint density at radius 1 is 0.500 bits per heavy atom. The lowest BCUT2D eigenvalue weighted by atomic mass is 9.78. The molecule has 6 aromatic rings. The van der Waals surface area contributed by atoms with E-state index in [2.05, 4.69) is 6.07 Å². The van der Waals surface area contributed by atoms with Gasteiger partial charge in [0.25, 0.3) is 0 Å². The second-order valence-corrected chi connectivity index (χ2v) is 22.2. The molecule has 5 aliphatic heterocycles. The summed E-state index contributed by atoms with van der Waals surface area (Å²) < 4.78 is 59.1. The number of ketones is 1. The molecule has 6 aromatic carbocycles. The molecule has 11 rings (SSSR count). The highest BCUT2D eigenvalue weighted by Gasteiger charge is 2.52. The van der Waals surface area contributed by atoms with Gasteiger partial charge in [0, 0.05) is 11.9 Å². The molecule has 0 aromatic heterocycles. The van der Waals surface area contributed by atoms with Gasteiger partial charge in [-0.05, 0) is 131 Å². The zero-order valence-electron chi connectivity index (χ0n) is 47.8. The quantitative estimate of drug-likeness (QED) is 0.116. The molecule has 84 heavy (non-hydrogen) atoms. The number of ether oxygens (including phenoxy) is 9. The van der Waals surface area contributed by atoms with Gasteiger partial charge in [-0.1, -0.05) is 106 Å². The summed E-state index contributed by atoms with van der Waals surface area (Å²) in [6, 6.07) is 24.7. The van der Waals surface area contributed by atoms with Gasteiger partial charge in [0.15, 0.2) is 11.5 Å². The van der Waals surface area contributed by atoms with Crippen LogP contribution in [0.4, 0.5) is 0 Å². The summed E-state index contributed by atoms with van der Waals surface area (Å²) in [4.78, 5) is 21.7. The molecule has 0 aliphatic carbocycles. The van der Waals surface area contributed by atoms with Gasteiger partial charge in [0.1, 0.15) is 82.6 Å². The number of phenols is 2. The fourth-order valence-corrected chi connectivity index (χ4v) is 10.2. The van der Waals surface area contributed by atoms with Crippen molar-refractivity contribution in [1.29, 1.82) is 0 Å². The third-order valence-electron chi connectivity index (χ3n) is 13.8. The van der Waals surface area contributed by atoms with Crippen LogP contribution in [0.15, 0.2) is 84.9 Å². The summed E-state index contributed by atoms with van der Waals surface area (Å²) in [7, 11) is 5.70. The number of rotatable bonds is 9. The molecule has 5 aliphatic rings. The highest BCUT2D eigenvalue weighted by atomic mass is 35.5. The van der Waals surface area contributed by atoms with Crippen molar-refractivity contribution in [1.82, 2.24) is 0 Å². The zero-order chi connectivity index (χ0) is 61.3. The first-order chi connectivity index (χ1) is 40.1. The summed E-state index contributed by atoms with van der Waals surface area (Å²) in [5.41, 5.74) is 4.10. The maximum absolute atomic E-state index is 11.5. The van der Waals surface area contributed by atoms with Gasteiger partial charge >= 0.3 is 13.1 Å². The average molecular weight is 1280 g/mol. The van der Waals surface area contributed by atoms with Crippen molar-refractivity contribution in [2.24, 2.45) is 0 Å². The van der Waals surface area contributed by atoms with Gasteiger partial charge in [-0.15, -0.1) is 0 Å². The van der Waals surface area contributed by atoms with Crippen molar-refractivity contribution in [3.63, 3.8) is 0 Å². The Hall–Kier alpha value is -6.02. The predicted octanol–water partition coefficient (Wildman–Crippen LogP) is 14.6. The van der Waals surface area contributed by atoms with Crippen LogP contribution >= 0.6 is 69.6 Å². The van der Waals surface area contributed by atoms with Gasteiger partial charge in [0.2, 0.25) is 0 Å². The second kappa shape index (κ2) is 31.4. The third kappa shape index (κ3) is 17.1. The Morgan fingerprint density at radius 2 is 0.929 bits per heavy atom. The SMILES string of the molecule is CC1(C)OB(c2ccc3c(c2Cl)OCCC3)OC1(C)C.COc1ccc2c(c1Cl)OCCC2.COc1ccc2c(c1Cl)OCCC2=O.COc1cccc(O)c1Cl.COc1cccc(OCCC(=O)O)c1Cl.Oc1ccc2c(c1Cl)OCCC2. The molecule has 0 saturated carbocycles. The van der Waals surface area contributed by atoms with E-state index in [0.717, 1.165) is 74.3 Å². The lowest BCUT2D eigenvalue weighted by molar-refractivity contribution is -0.137. The maximum atomic E-state index is 11.5. The van der Waals surface area contributed by atoms with Crippen molar-refractivity contribution < 1.29 is 76.8 Å². The molecule has 1 fully saturated rings. The molecular formula is C61H67BCl6O16. The Balaban J connectivity index is 0.000000164. The number of fused-ring (bicyclic) bond motifs is 4.